The monoisotopic (exact) mass is 323 g/mol. The molecule has 0 bridgehead atoms. The third-order valence-electron chi connectivity index (χ3n) is 3.04. The van der Waals surface area contributed by atoms with Crippen LogP contribution in [0.3, 0.4) is 0 Å². The van der Waals surface area contributed by atoms with Crippen LogP contribution in [0.1, 0.15) is 19.2 Å². The van der Waals surface area contributed by atoms with E-state index in [4.69, 9.17) is 16.1 Å². The summed E-state index contributed by atoms with van der Waals surface area (Å²) in [6, 6.07) is 7.28. The number of carbonyl (C=O) groups is 1. The van der Waals surface area contributed by atoms with Gasteiger partial charge in [0.2, 0.25) is 5.82 Å². The number of hydrogen-bond donors (Lipinski definition) is 2. The zero-order valence-electron chi connectivity index (χ0n) is 12.7. The van der Waals surface area contributed by atoms with Crippen molar-refractivity contribution in [2.45, 2.75) is 19.9 Å². The van der Waals surface area contributed by atoms with Crippen molar-refractivity contribution in [3.8, 4) is 11.4 Å². The van der Waals surface area contributed by atoms with Crippen molar-refractivity contribution in [2.75, 3.05) is 20.1 Å². The van der Waals surface area contributed by atoms with E-state index in [1.165, 1.54) is 0 Å². The third-order valence-corrected chi connectivity index (χ3v) is 3.27. The largest absolute Gasteiger partial charge is 0.351 e. The Morgan fingerprint density at radius 1 is 1.45 bits per heavy atom. The average Bonchev–Trinajstić information content (AvgIpc) is 2.93. The standard InChI is InChI=1S/C15H19ClN4O2/c1-3-7-17-13(21)9-20(2)10-14-18-15(19-22-14)11-5-4-6-12(16)8-11/h4-6,8H,3,7,9-10H2,1-2H3,(H,17,21)/p+1. The van der Waals surface area contributed by atoms with Crippen LogP contribution in [0, 0.1) is 0 Å². The van der Waals surface area contributed by atoms with E-state index in [0.717, 1.165) is 16.9 Å². The molecule has 0 fully saturated rings. The first-order valence-corrected chi connectivity index (χ1v) is 7.62. The summed E-state index contributed by atoms with van der Waals surface area (Å²) in [5.74, 6) is 1.02. The molecular formula is C15H20ClN4O2+. The molecule has 0 aliphatic heterocycles. The SMILES string of the molecule is CCCNC(=O)C[NH+](C)Cc1nc(-c2cccc(Cl)c2)no1. The van der Waals surface area contributed by atoms with Gasteiger partial charge in [-0.1, -0.05) is 35.8 Å². The van der Waals surface area contributed by atoms with Gasteiger partial charge in [-0.15, -0.1) is 0 Å². The molecule has 22 heavy (non-hydrogen) atoms. The Kier molecular flexibility index (Phi) is 5.91. The number of amides is 1. The smallest absolute Gasteiger partial charge is 0.282 e. The molecule has 1 unspecified atom stereocenters. The first-order chi connectivity index (χ1) is 10.6. The number of aromatic nitrogens is 2. The molecule has 7 heteroatoms. The molecule has 118 valence electrons. The van der Waals surface area contributed by atoms with E-state index in [2.05, 4.69) is 15.5 Å². The van der Waals surface area contributed by atoms with Gasteiger partial charge >= 0.3 is 0 Å². The number of halogens is 1. The number of likely N-dealkylation sites (N-methyl/N-ethyl adjacent to an activating group) is 1. The van der Waals surface area contributed by atoms with Crippen molar-refractivity contribution in [3.05, 3.63) is 35.2 Å². The zero-order chi connectivity index (χ0) is 15.9. The molecule has 1 aromatic heterocycles. The molecule has 0 spiro atoms. The molecule has 6 nitrogen and oxygen atoms in total. The fraction of sp³-hybridized carbons (Fsp3) is 0.400. The lowest BCUT2D eigenvalue weighted by molar-refractivity contribution is -0.886. The molecule has 0 aliphatic carbocycles. The van der Waals surface area contributed by atoms with Crippen molar-refractivity contribution in [2.24, 2.45) is 0 Å². The van der Waals surface area contributed by atoms with E-state index in [1.54, 1.807) is 12.1 Å². The second kappa shape index (κ2) is 7.91. The summed E-state index contributed by atoms with van der Waals surface area (Å²) in [6.45, 7) is 3.58. The fourth-order valence-electron chi connectivity index (χ4n) is 1.99. The van der Waals surface area contributed by atoms with Crippen LogP contribution in [-0.2, 0) is 11.3 Å². The van der Waals surface area contributed by atoms with Crippen LogP contribution in [0.15, 0.2) is 28.8 Å². The van der Waals surface area contributed by atoms with Crippen molar-refractivity contribution in [1.82, 2.24) is 15.5 Å². The van der Waals surface area contributed by atoms with Gasteiger partial charge in [0, 0.05) is 17.1 Å². The maximum absolute atomic E-state index is 11.7. The Balaban J connectivity index is 1.93. The molecule has 0 radical (unpaired) electrons. The van der Waals surface area contributed by atoms with E-state index in [-0.39, 0.29) is 5.91 Å². The Bertz CT molecular complexity index is 630. The molecule has 1 heterocycles. The molecule has 1 atom stereocenters. The minimum absolute atomic E-state index is 0.0222. The highest BCUT2D eigenvalue weighted by Crippen LogP contribution is 2.19. The molecule has 2 aromatic rings. The van der Waals surface area contributed by atoms with E-state index in [0.29, 0.717) is 36.4 Å². The Morgan fingerprint density at radius 3 is 3.00 bits per heavy atom. The van der Waals surface area contributed by atoms with E-state index in [1.807, 2.05) is 26.1 Å². The van der Waals surface area contributed by atoms with E-state index in [9.17, 15) is 4.79 Å². The van der Waals surface area contributed by atoms with Crippen molar-refractivity contribution in [1.29, 1.82) is 0 Å². The highest BCUT2D eigenvalue weighted by atomic mass is 35.5. The second-order valence-corrected chi connectivity index (χ2v) is 5.62. The van der Waals surface area contributed by atoms with E-state index >= 15 is 0 Å². The Morgan fingerprint density at radius 2 is 2.27 bits per heavy atom. The predicted octanol–water partition coefficient (Wildman–Crippen LogP) is 0.931. The number of rotatable bonds is 7. The van der Waals surface area contributed by atoms with E-state index < -0.39 is 0 Å². The van der Waals surface area contributed by atoms with Gasteiger partial charge in [0.25, 0.3) is 11.8 Å². The normalized spacial score (nSPS) is 12.1. The lowest BCUT2D eigenvalue weighted by Crippen LogP contribution is -3.09. The van der Waals surface area contributed by atoms with Crippen LogP contribution < -0.4 is 10.2 Å². The van der Waals surface area contributed by atoms with Crippen molar-refractivity contribution in [3.63, 3.8) is 0 Å². The number of hydrogen-bond acceptors (Lipinski definition) is 4. The molecular weight excluding hydrogens is 304 g/mol. The predicted molar refractivity (Wildman–Crippen MR) is 83.5 cm³/mol. The van der Waals surface area contributed by atoms with Crippen LogP contribution in [-0.4, -0.2) is 36.2 Å². The van der Waals surface area contributed by atoms with Gasteiger partial charge in [-0.25, -0.2) is 0 Å². The number of benzene rings is 1. The molecule has 0 aliphatic rings. The van der Waals surface area contributed by atoms with Gasteiger partial charge in [0.05, 0.1) is 7.05 Å². The maximum Gasteiger partial charge on any atom is 0.282 e. The number of carbonyl (C=O) groups excluding carboxylic acids is 1. The minimum Gasteiger partial charge on any atom is -0.351 e. The highest BCUT2D eigenvalue weighted by molar-refractivity contribution is 6.30. The van der Waals surface area contributed by atoms with Crippen LogP contribution >= 0.6 is 11.6 Å². The summed E-state index contributed by atoms with van der Waals surface area (Å²) in [6.07, 6.45) is 0.928. The highest BCUT2D eigenvalue weighted by Gasteiger charge is 2.15. The number of nitrogens with zero attached hydrogens (tertiary/aromatic N) is 2. The maximum atomic E-state index is 11.7. The average molecular weight is 324 g/mol. The van der Waals surface area contributed by atoms with Gasteiger partial charge in [0.15, 0.2) is 13.1 Å². The third kappa shape index (κ3) is 4.82. The summed E-state index contributed by atoms with van der Waals surface area (Å²) in [5.41, 5.74) is 0.806. The minimum atomic E-state index is 0.0222. The summed E-state index contributed by atoms with van der Waals surface area (Å²) >= 11 is 5.95. The number of nitrogens with one attached hydrogen (secondary N) is 2. The molecule has 0 saturated carbocycles. The summed E-state index contributed by atoms with van der Waals surface area (Å²) in [5, 5.41) is 7.42. The lowest BCUT2D eigenvalue weighted by atomic mass is 10.2. The Labute approximate surface area is 134 Å². The zero-order valence-corrected chi connectivity index (χ0v) is 13.5. The van der Waals surface area contributed by atoms with Crippen molar-refractivity contribution >= 4 is 17.5 Å². The van der Waals surface area contributed by atoms with Gasteiger partial charge in [-0.3, -0.25) is 4.79 Å². The molecule has 2 rings (SSSR count). The topological polar surface area (TPSA) is 72.5 Å². The Hall–Kier alpha value is -1.92. The molecule has 1 amide bonds. The quantitative estimate of drug-likeness (QED) is 0.795. The number of quaternary nitrogens is 1. The van der Waals surface area contributed by atoms with Crippen molar-refractivity contribution < 1.29 is 14.2 Å². The second-order valence-electron chi connectivity index (χ2n) is 5.18. The fourth-order valence-corrected chi connectivity index (χ4v) is 2.18. The summed E-state index contributed by atoms with van der Waals surface area (Å²) in [4.78, 5) is 17.0. The lowest BCUT2D eigenvalue weighted by Gasteiger charge is -2.10. The first kappa shape index (κ1) is 16.5. The van der Waals surface area contributed by atoms with Crippen LogP contribution in [0.4, 0.5) is 0 Å². The van der Waals surface area contributed by atoms with Gasteiger partial charge < -0.3 is 14.7 Å². The first-order valence-electron chi connectivity index (χ1n) is 7.25. The molecule has 1 aromatic carbocycles. The van der Waals surface area contributed by atoms with Crippen LogP contribution in [0.5, 0.6) is 0 Å². The summed E-state index contributed by atoms with van der Waals surface area (Å²) in [7, 11) is 1.91. The van der Waals surface area contributed by atoms with Crippen LogP contribution in [0.25, 0.3) is 11.4 Å². The van der Waals surface area contributed by atoms with Crippen LogP contribution in [0.2, 0.25) is 5.02 Å². The van der Waals surface area contributed by atoms with Gasteiger partial charge in [-0.05, 0) is 18.6 Å². The molecule has 0 saturated heterocycles. The van der Waals surface area contributed by atoms with Gasteiger partial charge in [0.1, 0.15) is 0 Å². The van der Waals surface area contributed by atoms with Gasteiger partial charge in [-0.2, -0.15) is 4.98 Å². The summed E-state index contributed by atoms with van der Waals surface area (Å²) < 4.78 is 5.24. The molecule has 2 N–H and O–H groups in total.